The molecule has 0 amide bonds. The first-order valence-corrected chi connectivity index (χ1v) is 7.04. The standard InChI is InChI=1S/C15H19N3O3/c1-10(9-19)16-7-12-8-17-18-15(12)11-2-3-13-14(6-11)21-5-4-20-13/h2-3,6,8,10,16,19H,4-5,7,9H2,1H3,(H,17,18). The van der Waals surface area contributed by atoms with Crippen molar-refractivity contribution in [3.05, 3.63) is 30.0 Å². The predicted molar refractivity (Wildman–Crippen MR) is 78.4 cm³/mol. The van der Waals surface area contributed by atoms with E-state index in [-0.39, 0.29) is 12.6 Å². The number of ether oxygens (including phenoxy) is 2. The molecule has 1 atom stereocenters. The van der Waals surface area contributed by atoms with Crippen LogP contribution in [0.1, 0.15) is 12.5 Å². The Labute approximate surface area is 123 Å². The number of fused-ring (bicyclic) bond motifs is 1. The van der Waals surface area contributed by atoms with Crippen molar-refractivity contribution in [3.63, 3.8) is 0 Å². The minimum absolute atomic E-state index is 0.0491. The van der Waals surface area contributed by atoms with Gasteiger partial charge in [0.2, 0.25) is 0 Å². The van der Waals surface area contributed by atoms with Gasteiger partial charge in [-0.25, -0.2) is 0 Å². The van der Waals surface area contributed by atoms with Crippen LogP contribution in [0, 0.1) is 0 Å². The van der Waals surface area contributed by atoms with Crippen LogP contribution in [-0.2, 0) is 6.54 Å². The van der Waals surface area contributed by atoms with E-state index in [1.165, 1.54) is 0 Å². The number of benzene rings is 1. The summed E-state index contributed by atoms with van der Waals surface area (Å²) in [6.45, 7) is 3.84. The van der Waals surface area contributed by atoms with Gasteiger partial charge in [-0.2, -0.15) is 5.10 Å². The van der Waals surface area contributed by atoms with Crippen molar-refractivity contribution in [2.75, 3.05) is 19.8 Å². The number of aromatic amines is 1. The largest absolute Gasteiger partial charge is 0.486 e. The molecule has 0 fully saturated rings. The van der Waals surface area contributed by atoms with E-state index in [0.717, 1.165) is 28.3 Å². The minimum Gasteiger partial charge on any atom is -0.486 e. The molecular weight excluding hydrogens is 270 g/mol. The van der Waals surface area contributed by atoms with Gasteiger partial charge in [-0.1, -0.05) is 0 Å². The summed E-state index contributed by atoms with van der Waals surface area (Å²) in [6.07, 6.45) is 1.79. The summed E-state index contributed by atoms with van der Waals surface area (Å²) in [5, 5.41) is 19.4. The van der Waals surface area contributed by atoms with Crippen LogP contribution in [0.2, 0.25) is 0 Å². The maximum absolute atomic E-state index is 9.07. The van der Waals surface area contributed by atoms with E-state index < -0.39 is 0 Å². The normalized spacial score (nSPS) is 15.0. The highest BCUT2D eigenvalue weighted by Crippen LogP contribution is 2.34. The Hall–Kier alpha value is -2.05. The summed E-state index contributed by atoms with van der Waals surface area (Å²) >= 11 is 0. The second-order valence-electron chi connectivity index (χ2n) is 5.09. The fourth-order valence-electron chi connectivity index (χ4n) is 2.24. The van der Waals surface area contributed by atoms with E-state index >= 15 is 0 Å². The van der Waals surface area contributed by atoms with Crippen molar-refractivity contribution in [2.24, 2.45) is 0 Å². The van der Waals surface area contributed by atoms with E-state index in [9.17, 15) is 0 Å². The van der Waals surface area contributed by atoms with E-state index in [1.807, 2.05) is 25.1 Å². The molecule has 0 bridgehead atoms. The molecule has 2 heterocycles. The lowest BCUT2D eigenvalue weighted by Crippen LogP contribution is -2.28. The molecular formula is C15H19N3O3. The monoisotopic (exact) mass is 289 g/mol. The zero-order chi connectivity index (χ0) is 14.7. The highest BCUT2D eigenvalue weighted by molar-refractivity contribution is 5.66. The summed E-state index contributed by atoms with van der Waals surface area (Å²) < 4.78 is 11.1. The molecule has 6 nitrogen and oxygen atoms in total. The predicted octanol–water partition coefficient (Wildman–Crippen LogP) is 1.32. The minimum atomic E-state index is 0.0491. The molecule has 1 aliphatic rings. The highest BCUT2D eigenvalue weighted by Gasteiger charge is 2.15. The molecule has 0 radical (unpaired) electrons. The van der Waals surface area contributed by atoms with Crippen molar-refractivity contribution in [1.29, 1.82) is 0 Å². The molecule has 1 aromatic heterocycles. The van der Waals surface area contributed by atoms with Crippen molar-refractivity contribution >= 4 is 0 Å². The van der Waals surface area contributed by atoms with Crippen LogP contribution < -0.4 is 14.8 Å². The van der Waals surface area contributed by atoms with Crippen LogP contribution in [0.15, 0.2) is 24.4 Å². The Morgan fingerprint density at radius 3 is 2.95 bits per heavy atom. The molecule has 1 aromatic carbocycles. The summed E-state index contributed by atoms with van der Waals surface area (Å²) in [4.78, 5) is 0. The third kappa shape index (κ3) is 3.01. The van der Waals surface area contributed by atoms with Gasteiger partial charge in [0.1, 0.15) is 13.2 Å². The molecule has 3 rings (SSSR count). The summed E-state index contributed by atoms with van der Waals surface area (Å²) in [5.74, 6) is 1.54. The van der Waals surface area contributed by atoms with Crippen molar-refractivity contribution in [2.45, 2.75) is 19.5 Å². The zero-order valence-electron chi connectivity index (χ0n) is 11.9. The van der Waals surface area contributed by atoms with Crippen LogP contribution >= 0.6 is 0 Å². The molecule has 2 aromatic rings. The molecule has 0 saturated carbocycles. The Morgan fingerprint density at radius 1 is 1.33 bits per heavy atom. The number of rotatable bonds is 5. The average molecular weight is 289 g/mol. The lowest BCUT2D eigenvalue weighted by Gasteiger charge is -2.19. The van der Waals surface area contributed by atoms with Gasteiger partial charge in [0, 0.05) is 23.7 Å². The molecule has 1 unspecified atom stereocenters. The first-order valence-electron chi connectivity index (χ1n) is 7.04. The van der Waals surface area contributed by atoms with Gasteiger partial charge in [-0.3, -0.25) is 5.10 Å². The number of aromatic nitrogens is 2. The first kappa shape index (κ1) is 13.9. The quantitative estimate of drug-likeness (QED) is 0.773. The van der Waals surface area contributed by atoms with Gasteiger partial charge in [0.05, 0.1) is 18.5 Å². The number of aliphatic hydroxyl groups is 1. The molecule has 112 valence electrons. The molecule has 0 spiro atoms. The van der Waals surface area contributed by atoms with Gasteiger partial charge in [0.25, 0.3) is 0 Å². The third-order valence-electron chi connectivity index (χ3n) is 3.46. The van der Waals surface area contributed by atoms with Gasteiger partial charge in [-0.05, 0) is 25.1 Å². The Kier molecular flexibility index (Phi) is 4.08. The van der Waals surface area contributed by atoms with Crippen molar-refractivity contribution < 1.29 is 14.6 Å². The van der Waals surface area contributed by atoms with E-state index in [4.69, 9.17) is 14.6 Å². The fourth-order valence-corrected chi connectivity index (χ4v) is 2.24. The average Bonchev–Trinajstić information content (AvgIpc) is 3.00. The van der Waals surface area contributed by atoms with Crippen LogP contribution in [-0.4, -0.2) is 41.2 Å². The van der Waals surface area contributed by atoms with Crippen LogP contribution in [0.4, 0.5) is 0 Å². The second kappa shape index (κ2) is 6.15. The fraction of sp³-hybridized carbons (Fsp3) is 0.400. The van der Waals surface area contributed by atoms with Crippen LogP contribution in [0.25, 0.3) is 11.3 Å². The number of hydrogen-bond acceptors (Lipinski definition) is 5. The summed E-state index contributed by atoms with van der Waals surface area (Å²) in [6, 6.07) is 5.91. The third-order valence-corrected chi connectivity index (χ3v) is 3.46. The zero-order valence-corrected chi connectivity index (χ0v) is 11.9. The van der Waals surface area contributed by atoms with E-state index in [1.54, 1.807) is 6.20 Å². The number of aliphatic hydroxyl groups excluding tert-OH is 1. The second-order valence-corrected chi connectivity index (χ2v) is 5.09. The number of nitrogens with one attached hydrogen (secondary N) is 2. The SMILES string of the molecule is CC(CO)NCc1cn[nH]c1-c1ccc2c(c1)OCCO2. The van der Waals surface area contributed by atoms with Crippen LogP contribution in [0.3, 0.4) is 0 Å². The maximum atomic E-state index is 9.07. The summed E-state index contributed by atoms with van der Waals surface area (Å²) in [7, 11) is 0. The number of hydrogen-bond donors (Lipinski definition) is 3. The topological polar surface area (TPSA) is 79.4 Å². The lowest BCUT2D eigenvalue weighted by molar-refractivity contribution is 0.171. The van der Waals surface area contributed by atoms with E-state index in [2.05, 4.69) is 15.5 Å². The highest BCUT2D eigenvalue weighted by atomic mass is 16.6. The van der Waals surface area contributed by atoms with E-state index in [0.29, 0.717) is 19.8 Å². The van der Waals surface area contributed by atoms with Gasteiger partial charge in [0.15, 0.2) is 11.5 Å². The molecule has 0 aliphatic carbocycles. The summed E-state index contributed by atoms with van der Waals surface area (Å²) in [5.41, 5.74) is 3.00. The molecule has 0 saturated heterocycles. The number of H-pyrrole nitrogens is 1. The molecule has 21 heavy (non-hydrogen) atoms. The Balaban J connectivity index is 1.82. The first-order chi connectivity index (χ1) is 10.3. The smallest absolute Gasteiger partial charge is 0.162 e. The molecule has 3 N–H and O–H groups in total. The Bertz CT molecular complexity index is 612. The van der Waals surface area contributed by atoms with Gasteiger partial charge >= 0.3 is 0 Å². The van der Waals surface area contributed by atoms with Crippen molar-refractivity contribution in [3.8, 4) is 22.8 Å². The Morgan fingerprint density at radius 2 is 2.14 bits per heavy atom. The lowest BCUT2D eigenvalue weighted by atomic mass is 10.1. The maximum Gasteiger partial charge on any atom is 0.162 e. The van der Waals surface area contributed by atoms with Gasteiger partial charge in [-0.15, -0.1) is 0 Å². The van der Waals surface area contributed by atoms with Crippen LogP contribution in [0.5, 0.6) is 11.5 Å². The number of nitrogens with zero attached hydrogens (tertiary/aromatic N) is 1. The van der Waals surface area contributed by atoms with Gasteiger partial charge < -0.3 is 19.9 Å². The molecule has 6 heteroatoms. The molecule has 1 aliphatic heterocycles. The van der Waals surface area contributed by atoms with Crippen molar-refractivity contribution in [1.82, 2.24) is 15.5 Å².